The Morgan fingerprint density at radius 3 is 2.86 bits per heavy atom. The molecule has 0 bridgehead atoms. The van der Waals surface area contributed by atoms with Gasteiger partial charge in [0.2, 0.25) is 0 Å². The van der Waals surface area contributed by atoms with E-state index in [1.165, 1.54) is 6.07 Å². The van der Waals surface area contributed by atoms with Gasteiger partial charge in [-0.1, -0.05) is 35.4 Å². The lowest BCUT2D eigenvalue weighted by atomic mass is 10.0. The molecule has 1 atom stereocenters. The quantitative estimate of drug-likeness (QED) is 0.756. The highest BCUT2D eigenvalue weighted by atomic mass is 35.5. The molecular weight excluding hydrogens is 289 g/mol. The molecule has 2 nitrogen and oxygen atoms in total. The molecule has 2 aromatic carbocycles. The lowest BCUT2D eigenvalue weighted by molar-refractivity contribution is 0.493. The Balaban J connectivity index is 1.89. The van der Waals surface area contributed by atoms with Crippen molar-refractivity contribution >= 4 is 22.6 Å². The highest BCUT2D eigenvalue weighted by Crippen LogP contribution is 2.28. The fourth-order valence-corrected chi connectivity index (χ4v) is 2.61. The van der Waals surface area contributed by atoms with Crippen molar-refractivity contribution in [2.24, 2.45) is 5.73 Å². The number of hydrogen-bond donors (Lipinski definition) is 1. The third-order valence-corrected chi connectivity index (χ3v) is 3.95. The third-order valence-electron chi connectivity index (χ3n) is 3.53. The van der Waals surface area contributed by atoms with E-state index in [1.54, 1.807) is 12.1 Å². The maximum absolute atomic E-state index is 13.4. The Bertz CT molecular complexity index is 797. The molecule has 21 heavy (non-hydrogen) atoms. The molecule has 0 spiro atoms. The summed E-state index contributed by atoms with van der Waals surface area (Å²) in [5, 5.41) is 1.14. The normalized spacial score (nSPS) is 12.8. The van der Waals surface area contributed by atoms with Crippen LogP contribution in [0.1, 0.15) is 22.9 Å². The summed E-state index contributed by atoms with van der Waals surface area (Å²) in [6, 6.07) is 12.3. The first kappa shape index (κ1) is 14.1. The molecule has 1 heterocycles. The molecule has 108 valence electrons. The molecule has 0 amide bonds. The second-order valence-electron chi connectivity index (χ2n) is 5.21. The molecule has 0 aliphatic carbocycles. The molecule has 3 aromatic rings. The number of furan rings is 1. The molecule has 0 fully saturated rings. The van der Waals surface area contributed by atoms with Gasteiger partial charge in [0.25, 0.3) is 0 Å². The van der Waals surface area contributed by atoms with E-state index in [0.717, 1.165) is 16.5 Å². The van der Waals surface area contributed by atoms with Gasteiger partial charge in [0, 0.05) is 5.39 Å². The predicted molar refractivity (Wildman–Crippen MR) is 83.0 cm³/mol. The van der Waals surface area contributed by atoms with Gasteiger partial charge in [0.05, 0.1) is 11.1 Å². The Morgan fingerprint density at radius 2 is 2.05 bits per heavy atom. The minimum Gasteiger partial charge on any atom is -0.459 e. The van der Waals surface area contributed by atoms with Crippen LogP contribution in [0.15, 0.2) is 46.9 Å². The number of rotatable bonds is 3. The van der Waals surface area contributed by atoms with Crippen LogP contribution in [0.2, 0.25) is 5.02 Å². The first-order chi connectivity index (χ1) is 10.0. The summed E-state index contributed by atoms with van der Waals surface area (Å²) in [6.45, 7) is 2.03. The van der Waals surface area contributed by atoms with E-state index in [0.29, 0.717) is 17.7 Å². The number of nitrogens with two attached hydrogens (primary N) is 1. The number of halogens is 2. The van der Waals surface area contributed by atoms with Crippen molar-refractivity contribution in [1.29, 1.82) is 0 Å². The van der Waals surface area contributed by atoms with Crippen LogP contribution in [0.3, 0.4) is 0 Å². The van der Waals surface area contributed by atoms with E-state index in [4.69, 9.17) is 21.8 Å². The molecule has 3 rings (SSSR count). The van der Waals surface area contributed by atoms with Crippen molar-refractivity contribution in [3.63, 3.8) is 0 Å². The van der Waals surface area contributed by atoms with Gasteiger partial charge in [-0.3, -0.25) is 0 Å². The molecule has 4 heteroatoms. The van der Waals surface area contributed by atoms with E-state index in [-0.39, 0.29) is 11.1 Å². The van der Waals surface area contributed by atoms with Crippen molar-refractivity contribution in [3.8, 4) is 0 Å². The monoisotopic (exact) mass is 303 g/mol. The zero-order chi connectivity index (χ0) is 15.0. The highest BCUT2D eigenvalue weighted by molar-refractivity contribution is 6.31. The topological polar surface area (TPSA) is 39.2 Å². The van der Waals surface area contributed by atoms with Gasteiger partial charge in [0.1, 0.15) is 17.2 Å². The molecule has 0 aliphatic heterocycles. The minimum atomic E-state index is -0.429. The van der Waals surface area contributed by atoms with E-state index in [9.17, 15) is 4.39 Å². The fraction of sp³-hybridized carbons (Fsp3) is 0.176. The van der Waals surface area contributed by atoms with Crippen molar-refractivity contribution in [2.75, 3.05) is 0 Å². The minimum absolute atomic E-state index is 0.125. The number of aryl methyl sites for hydroxylation is 1. The van der Waals surface area contributed by atoms with Crippen LogP contribution >= 0.6 is 11.6 Å². The van der Waals surface area contributed by atoms with Gasteiger partial charge in [-0.05, 0) is 43.2 Å². The van der Waals surface area contributed by atoms with E-state index >= 15 is 0 Å². The first-order valence-electron chi connectivity index (χ1n) is 6.73. The van der Waals surface area contributed by atoms with Crippen LogP contribution in [0.25, 0.3) is 11.0 Å². The van der Waals surface area contributed by atoms with Crippen LogP contribution in [-0.2, 0) is 6.42 Å². The maximum atomic E-state index is 13.4. The molecule has 0 saturated heterocycles. The standard InChI is InChI=1S/C17H15ClFNO/c1-10-5-6-15-12(7-10)9-16(21-15)14(20)8-11-3-2-4-13(19)17(11)18/h2-7,9,14H,8,20H2,1H3. The van der Waals surface area contributed by atoms with Crippen LogP contribution in [0.5, 0.6) is 0 Å². The van der Waals surface area contributed by atoms with E-state index < -0.39 is 5.82 Å². The summed E-state index contributed by atoms with van der Waals surface area (Å²) >= 11 is 5.96. The second-order valence-corrected chi connectivity index (χ2v) is 5.59. The smallest absolute Gasteiger partial charge is 0.142 e. The molecule has 1 unspecified atom stereocenters. The van der Waals surface area contributed by atoms with E-state index in [1.807, 2.05) is 31.2 Å². The highest BCUT2D eigenvalue weighted by Gasteiger charge is 2.15. The average Bonchev–Trinajstić information content (AvgIpc) is 2.87. The van der Waals surface area contributed by atoms with Gasteiger partial charge in [0.15, 0.2) is 0 Å². The van der Waals surface area contributed by atoms with Crippen molar-refractivity contribution in [3.05, 3.63) is 70.2 Å². The van der Waals surface area contributed by atoms with Gasteiger partial charge >= 0.3 is 0 Å². The molecule has 1 aromatic heterocycles. The van der Waals surface area contributed by atoms with Crippen LogP contribution in [0.4, 0.5) is 4.39 Å². The second kappa shape index (κ2) is 5.51. The average molecular weight is 304 g/mol. The lowest BCUT2D eigenvalue weighted by Crippen LogP contribution is -2.12. The largest absolute Gasteiger partial charge is 0.459 e. The Hall–Kier alpha value is -1.84. The maximum Gasteiger partial charge on any atom is 0.142 e. The fourth-order valence-electron chi connectivity index (χ4n) is 2.41. The zero-order valence-electron chi connectivity index (χ0n) is 11.6. The van der Waals surface area contributed by atoms with Crippen LogP contribution in [0, 0.1) is 12.7 Å². The molecule has 2 N–H and O–H groups in total. The SMILES string of the molecule is Cc1ccc2oc(C(N)Cc3cccc(F)c3Cl)cc2c1. The van der Waals surface area contributed by atoms with Crippen molar-refractivity contribution in [1.82, 2.24) is 0 Å². The Morgan fingerprint density at radius 1 is 1.24 bits per heavy atom. The number of fused-ring (bicyclic) bond motifs is 1. The summed E-state index contributed by atoms with van der Waals surface area (Å²) in [6.07, 6.45) is 0.426. The Kier molecular flexibility index (Phi) is 3.70. The van der Waals surface area contributed by atoms with Crippen molar-refractivity contribution in [2.45, 2.75) is 19.4 Å². The van der Waals surface area contributed by atoms with Crippen LogP contribution < -0.4 is 5.73 Å². The van der Waals surface area contributed by atoms with Gasteiger partial charge in [-0.2, -0.15) is 0 Å². The summed E-state index contributed by atoms with van der Waals surface area (Å²) < 4.78 is 19.2. The molecule has 0 radical (unpaired) electrons. The predicted octanol–water partition coefficient (Wildman–Crippen LogP) is 4.78. The zero-order valence-corrected chi connectivity index (χ0v) is 12.3. The van der Waals surface area contributed by atoms with Crippen LogP contribution in [-0.4, -0.2) is 0 Å². The number of benzene rings is 2. The number of hydrogen-bond acceptors (Lipinski definition) is 2. The Labute approximate surface area is 127 Å². The van der Waals surface area contributed by atoms with E-state index in [2.05, 4.69) is 0 Å². The molecule has 0 aliphatic rings. The summed E-state index contributed by atoms with van der Waals surface area (Å²) in [5.41, 5.74) is 8.82. The van der Waals surface area contributed by atoms with Gasteiger partial charge in [-0.15, -0.1) is 0 Å². The molecule has 0 saturated carbocycles. The summed E-state index contributed by atoms with van der Waals surface area (Å²) in [5.74, 6) is 0.248. The van der Waals surface area contributed by atoms with Gasteiger partial charge in [-0.25, -0.2) is 4.39 Å². The first-order valence-corrected chi connectivity index (χ1v) is 7.11. The molecular formula is C17H15ClFNO. The summed E-state index contributed by atoms with van der Waals surface area (Å²) in [4.78, 5) is 0. The van der Waals surface area contributed by atoms with Gasteiger partial charge < -0.3 is 10.2 Å². The van der Waals surface area contributed by atoms with Crippen molar-refractivity contribution < 1.29 is 8.81 Å². The third kappa shape index (κ3) is 2.80. The lowest BCUT2D eigenvalue weighted by Gasteiger charge is -2.10. The summed E-state index contributed by atoms with van der Waals surface area (Å²) in [7, 11) is 0.